The van der Waals surface area contributed by atoms with Gasteiger partial charge in [-0.1, -0.05) is 0 Å². The highest BCUT2D eigenvalue weighted by Crippen LogP contribution is 2.37. The number of rotatable bonds is 11. The van der Waals surface area contributed by atoms with Crippen molar-refractivity contribution < 1.29 is 105 Å². The number of aliphatic hydroxyl groups is 14. The Hall–Kier alpha value is -0.840. The first-order valence-electron chi connectivity index (χ1n) is 14.1. The minimum Gasteiger partial charge on any atom is -0.394 e. The van der Waals surface area contributed by atoms with Crippen molar-refractivity contribution in [2.75, 3.05) is 33.0 Å². The maximum absolute atomic E-state index is 10.7. The summed E-state index contributed by atoms with van der Waals surface area (Å²) in [5, 5.41) is 141. The van der Waals surface area contributed by atoms with Gasteiger partial charge in [-0.2, -0.15) is 0 Å². The molecule has 0 aromatic carbocycles. The monoisotopic (exact) mass is 666 g/mol. The van der Waals surface area contributed by atoms with E-state index in [9.17, 15) is 71.5 Å². The molecule has 19 atom stereocenters. The van der Waals surface area contributed by atoms with Gasteiger partial charge >= 0.3 is 0 Å². The lowest BCUT2D eigenvalue weighted by Crippen LogP contribution is -2.62. The van der Waals surface area contributed by atoms with Gasteiger partial charge < -0.3 is 105 Å². The number of hydrogen-bond acceptors (Lipinski definition) is 21. The van der Waals surface area contributed by atoms with Gasteiger partial charge in [-0.25, -0.2) is 0 Å². The Morgan fingerprint density at radius 1 is 0.444 bits per heavy atom. The van der Waals surface area contributed by atoms with Crippen LogP contribution in [0.2, 0.25) is 0 Å². The Balaban J connectivity index is 1.37. The summed E-state index contributed by atoms with van der Waals surface area (Å²) < 4.78 is 37.6. The van der Waals surface area contributed by atoms with Gasteiger partial charge in [0.1, 0.15) is 98.2 Å². The molecular formula is C24H42O21. The molecule has 4 fully saturated rings. The maximum Gasteiger partial charge on any atom is 0.224 e. The van der Waals surface area contributed by atoms with E-state index >= 15 is 0 Å². The fourth-order valence-electron chi connectivity index (χ4n) is 5.40. The largest absolute Gasteiger partial charge is 0.394 e. The van der Waals surface area contributed by atoms with E-state index < -0.39 is 149 Å². The topological polar surface area (TPSA) is 348 Å². The molecule has 0 aliphatic carbocycles. The molecule has 0 amide bonds. The summed E-state index contributed by atoms with van der Waals surface area (Å²) in [5.41, 5.74) is 0. The van der Waals surface area contributed by atoms with E-state index in [0.717, 1.165) is 0 Å². The van der Waals surface area contributed by atoms with Crippen molar-refractivity contribution in [3.05, 3.63) is 0 Å². The average Bonchev–Trinajstić information content (AvgIpc) is 3.27. The van der Waals surface area contributed by atoms with E-state index in [1.165, 1.54) is 0 Å². The minimum atomic E-state index is -2.50. The van der Waals surface area contributed by atoms with Crippen LogP contribution in [0.4, 0.5) is 0 Å². The van der Waals surface area contributed by atoms with Crippen LogP contribution in [0.25, 0.3) is 0 Å². The zero-order chi connectivity index (χ0) is 33.4. The van der Waals surface area contributed by atoms with E-state index in [0.29, 0.717) is 0 Å². The molecule has 4 aliphatic rings. The van der Waals surface area contributed by atoms with Crippen LogP contribution >= 0.6 is 0 Å². The van der Waals surface area contributed by atoms with Crippen molar-refractivity contribution >= 4 is 0 Å². The summed E-state index contributed by atoms with van der Waals surface area (Å²) in [4.78, 5) is 0. The Morgan fingerprint density at radius 2 is 0.844 bits per heavy atom. The van der Waals surface area contributed by atoms with E-state index in [1.54, 1.807) is 0 Å². The molecule has 4 saturated heterocycles. The molecule has 21 nitrogen and oxygen atoms in total. The quantitative estimate of drug-likeness (QED) is 0.0973. The average molecular weight is 667 g/mol. The molecule has 0 saturated carbocycles. The highest BCUT2D eigenvalue weighted by Gasteiger charge is 2.59. The molecule has 4 rings (SSSR count). The van der Waals surface area contributed by atoms with E-state index in [4.69, 9.17) is 33.2 Å². The summed E-state index contributed by atoms with van der Waals surface area (Å²) in [6.45, 7) is -4.05. The SMILES string of the molecule is OC[C@@H]1O[C@H](O[C@]2(CO)O[C@H](CO[C@H]3O[C@H](CO[C@H]4O[C@H](CO)[C@H](O)[C@H](O)[C@H]4O)[C@H](O)[C@H](O)[C@H]3O)[C@H](O)[C@H]2O)[C@H](O)[C@@H](O)[C@@H]1O. The third-order valence-corrected chi connectivity index (χ3v) is 8.26. The predicted octanol–water partition coefficient (Wildman–Crippen LogP) is -9.75. The molecule has 4 aliphatic heterocycles. The Morgan fingerprint density at radius 3 is 1.31 bits per heavy atom. The van der Waals surface area contributed by atoms with Crippen LogP contribution in [0.1, 0.15) is 0 Å². The van der Waals surface area contributed by atoms with Crippen LogP contribution in [0.3, 0.4) is 0 Å². The molecule has 14 N–H and O–H groups in total. The molecular weight excluding hydrogens is 624 g/mol. The summed E-state index contributed by atoms with van der Waals surface area (Å²) in [5.74, 6) is -2.50. The van der Waals surface area contributed by atoms with Crippen LogP contribution in [-0.4, -0.2) is 221 Å². The predicted molar refractivity (Wildman–Crippen MR) is 134 cm³/mol. The van der Waals surface area contributed by atoms with E-state index in [1.807, 2.05) is 0 Å². The first kappa shape index (κ1) is 37.0. The second kappa shape index (κ2) is 15.1. The molecule has 264 valence electrons. The van der Waals surface area contributed by atoms with Crippen molar-refractivity contribution in [1.29, 1.82) is 0 Å². The van der Waals surface area contributed by atoms with Gasteiger partial charge in [0.05, 0.1) is 26.4 Å². The van der Waals surface area contributed by atoms with Crippen molar-refractivity contribution in [1.82, 2.24) is 0 Å². The summed E-state index contributed by atoms with van der Waals surface area (Å²) in [7, 11) is 0. The Labute approximate surface area is 254 Å². The lowest BCUT2D eigenvalue weighted by Gasteiger charge is -2.43. The third-order valence-electron chi connectivity index (χ3n) is 8.26. The highest BCUT2D eigenvalue weighted by molar-refractivity contribution is 4.99. The standard InChI is InChI=1S/C24H42O21/c25-1-6-10(28)14(32)17(35)21(41-6)39-3-8-12(30)16(34)18(36)22(43-8)40-4-9-13(31)20(38)24(5-27,44-9)45-23-19(37)15(33)11(29)7(2-26)42-23/h6-23,25-38H,1-5H2/t6-,7+,8-,9-,10+,11-,12+,13+,14+,15+,16+,17-,18-,19-,20-,21+,22+,23-,24+/m1/s1. The molecule has 0 spiro atoms. The normalized spacial score (nSPS) is 52.7. The first-order valence-corrected chi connectivity index (χ1v) is 14.1. The summed E-state index contributed by atoms with van der Waals surface area (Å²) >= 11 is 0. The van der Waals surface area contributed by atoms with Gasteiger partial charge in [0.25, 0.3) is 0 Å². The van der Waals surface area contributed by atoms with Crippen LogP contribution < -0.4 is 0 Å². The van der Waals surface area contributed by atoms with E-state index in [-0.39, 0.29) is 0 Å². The van der Waals surface area contributed by atoms with Crippen LogP contribution in [-0.2, 0) is 33.2 Å². The lowest BCUT2D eigenvalue weighted by atomic mass is 9.98. The van der Waals surface area contributed by atoms with Crippen molar-refractivity contribution in [2.24, 2.45) is 0 Å². The first-order chi connectivity index (χ1) is 21.2. The van der Waals surface area contributed by atoms with Crippen LogP contribution in [0, 0.1) is 0 Å². The molecule has 21 heteroatoms. The molecule has 0 aromatic rings. The molecule has 0 unspecified atom stereocenters. The summed E-state index contributed by atoms with van der Waals surface area (Å²) in [6, 6.07) is 0. The van der Waals surface area contributed by atoms with Crippen molar-refractivity contribution in [2.45, 2.75) is 116 Å². The van der Waals surface area contributed by atoms with Gasteiger partial charge in [0.2, 0.25) is 5.79 Å². The van der Waals surface area contributed by atoms with Gasteiger partial charge in [0, 0.05) is 0 Å². The van der Waals surface area contributed by atoms with Gasteiger partial charge in [-0.05, 0) is 0 Å². The zero-order valence-electron chi connectivity index (χ0n) is 23.5. The Kier molecular flexibility index (Phi) is 12.5. The molecule has 4 heterocycles. The fraction of sp³-hybridized carbons (Fsp3) is 1.00. The van der Waals surface area contributed by atoms with Gasteiger partial charge in [-0.3, -0.25) is 0 Å². The highest BCUT2D eigenvalue weighted by atomic mass is 16.8. The maximum atomic E-state index is 10.7. The number of ether oxygens (including phenoxy) is 7. The molecule has 0 aromatic heterocycles. The zero-order valence-corrected chi connectivity index (χ0v) is 23.5. The second-order valence-corrected chi connectivity index (χ2v) is 11.3. The second-order valence-electron chi connectivity index (χ2n) is 11.3. The van der Waals surface area contributed by atoms with Gasteiger partial charge in [0.15, 0.2) is 18.9 Å². The number of hydrogen-bond donors (Lipinski definition) is 14. The van der Waals surface area contributed by atoms with Crippen LogP contribution in [0.15, 0.2) is 0 Å². The van der Waals surface area contributed by atoms with Crippen LogP contribution in [0.5, 0.6) is 0 Å². The van der Waals surface area contributed by atoms with Crippen molar-refractivity contribution in [3.8, 4) is 0 Å². The fourth-order valence-corrected chi connectivity index (χ4v) is 5.40. The van der Waals surface area contributed by atoms with Crippen molar-refractivity contribution in [3.63, 3.8) is 0 Å². The molecule has 0 radical (unpaired) electrons. The minimum absolute atomic E-state index is 0.644. The van der Waals surface area contributed by atoms with E-state index in [2.05, 4.69) is 0 Å². The Bertz CT molecular complexity index is 929. The summed E-state index contributed by atoms with van der Waals surface area (Å²) in [6.07, 6.45) is -31.1. The molecule has 45 heavy (non-hydrogen) atoms. The van der Waals surface area contributed by atoms with Gasteiger partial charge in [-0.15, -0.1) is 0 Å². The lowest BCUT2D eigenvalue weighted by molar-refractivity contribution is -0.385. The number of aliphatic hydroxyl groups excluding tert-OH is 14. The smallest absolute Gasteiger partial charge is 0.224 e. The molecule has 0 bridgehead atoms. The third kappa shape index (κ3) is 7.29.